The summed E-state index contributed by atoms with van der Waals surface area (Å²) in [5, 5.41) is 0.119. The fraction of sp³-hybridized carbons (Fsp3) is 0.323. The van der Waals surface area contributed by atoms with Crippen molar-refractivity contribution >= 4 is 27.2 Å². The van der Waals surface area contributed by atoms with E-state index in [1.54, 1.807) is 12.1 Å². The van der Waals surface area contributed by atoms with Gasteiger partial charge in [-0.2, -0.15) is 0 Å². The predicted molar refractivity (Wildman–Crippen MR) is 148 cm³/mol. The fourth-order valence-corrected chi connectivity index (χ4v) is 7.13. The highest BCUT2D eigenvalue weighted by molar-refractivity contribution is 7.90. The third-order valence-electron chi connectivity index (χ3n) is 7.62. The van der Waals surface area contributed by atoms with Gasteiger partial charge in [0, 0.05) is 25.0 Å². The molecule has 2 aliphatic rings. The first-order valence-corrected chi connectivity index (χ1v) is 15.1. The Morgan fingerprint density at radius 3 is 2.11 bits per heavy atom. The average molecular weight is 551 g/mol. The minimum Gasteiger partial charge on any atom is -0.339 e. The Morgan fingerprint density at radius 1 is 1.03 bits per heavy atom. The van der Waals surface area contributed by atoms with E-state index in [9.17, 15) is 13.2 Å². The van der Waals surface area contributed by atoms with Crippen LogP contribution in [0.4, 0.5) is 0 Å². The van der Waals surface area contributed by atoms with Crippen LogP contribution in [0.3, 0.4) is 0 Å². The van der Waals surface area contributed by atoms with E-state index in [4.69, 9.17) is 21.1 Å². The standard InChI is InChI=1S/C31H31ClO5S/c1-3-27(33)25(24-14-15-28(26(32)19-24)38(2,34)35)18-21-16-17-31(20-21)36-29(22-10-6-4-7-11-22)30(37-31)23-12-8-5-9-13-23/h3-15,19,21,25,29-30H,1,16-18,20H2,2H3/t21?,25?,29-,30-/m1/s1. The molecule has 1 saturated carbocycles. The molecule has 0 N–H and O–H groups in total. The smallest absolute Gasteiger partial charge is 0.176 e. The predicted octanol–water partition coefficient (Wildman–Crippen LogP) is 7.00. The minimum absolute atomic E-state index is 0.0548. The highest BCUT2D eigenvalue weighted by Gasteiger charge is 2.52. The highest BCUT2D eigenvalue weighted by atomic mass is 35.5. The maximum atomic E-state index is 12.9. The number of rotatable bonds is 8. The maximum absolute atomic E-state index is 12.9. The lowest BCUT2D eigenvalue weighted by molar-refractivity contribution is -0.173. The van der Waals surface area contributed by atoms with Crippen LogP contribution in [0, 0.1) is 5.92 Å². The van der Waals surface area contributed by atoms with Crippen molar-refractivity contribution in [1.82, 2.24) is 0 Å². The van der Waals surface area contributed by atoms with Crippen LogP contribution in [0.1, 0.15) is 60.5 Å². The average Bonchev–Trinajstić information content (AvgIpc) is 3.50. The molecule has 1 aliphatic carbocycles. The van der Waals surface area contributed by atoms with Crippen LogP contribution >= 0.6 is 11.6 Å². The zero-order valence-electron chi connectivity index (χ0n) is 21.3. The number of carbonyl (C=O) groups excluding carboxylic acids is 1. The van der Waals surface area contributed by atoms with Gasteiger partial charge in [-0.25, -0.2) is 8.42 Å². The van der Waals surface area contributed by atoms with Gasteiger partial charge in [0.05, 0.1) is 9.92 Å². The summed E-state index contributed by atoms with van der Waals surface area (Å²) in [6.45, 7) is 3.69. The molecular formula is C31H31ClO5S. The molecule has 0 aromatic heterocycles. The Labute approximate surface area is 229 Å². The Morgan fingerprint density at radius 2 is 1.61 bits per heavy atom. The molecule has 3 aromatic rings. The van der Waals surface area contributed by atoms with Crippen LogP contribution in [0.2, 0.25) is 5.02 Å². The molecule has 1 heterocycles. The number of hydrogen-bond donors (Lipinski definition) is 0. The second-order valence-corrected chi connectivity index (χ2v) is 12.7. The SMILES string of the molecule is C=CC(=O)C(CC1CCC2(C1)O[C@H](c1ccccc1)[C@@H](c1ccccc1)O2)c1ccc(S(C)(=O)=O)c(Cl)c1. The van der Waals surface area contributed by atoms with Crippen LogP contribution in [-0.2, 0) is 24.1 Å². The van der Waals surface area contributed by atoms with Gasteiger partial charge in [0.2, 0.25) is 0 Å². The van der Waals surface area contributed by atoms with Gasteiger partial charge in [-0.3, -0.25) is 4.79 Å². The Bertz CT molecular complexity index is 1370. The monoisotopic (exact) mass is 550 g/mol. The first-order valence-electron chi connectivity index (χ1n) is 12.8. The molecule has 0 bridgehead atoms. The van der Waals surface area contributed by atoms with Crippen molar-refractivity contribution in [2.75, 3.05) is 6.26 Å². The lowest BCUT2D eigenvalue weighted by Crippen LogP contribution is -2.27. The number of carbonyl (C=O) groups is 1. The minimum atomic E-state index is -3.47. The van der Waals surface area contributed by atoms with Gasteiger partial charge in [-0.15, -0.1) is 0 Å². The van der Waals surface area contributed by atoms with Gasteiger partial charge in [-0.05, 0) is 53.7 Å². The van der Waals surface area contributed by atoms with E-state index in [0.29, 0.717) is 18.4 Å². The summed E-state index contributed by atoms with van der Waals surface area (Å²) >= 11 is 6.31. The van der Waals surface area contributed by atoms with Gasteiger partial charge >= 0.3 is 0 Å². The summed E-state index contributed by atoms with van der Waals surface area (Å²) in [7, 11) is -3.47. The van der Waals surface area contributed by atoms with E-state index in [1.165, 1.54) is 12.1 Å². The van der Waals surface area contributed by atoms with Gasteiger partial charge in [0.15, 0.2) is 21.4 Å². The highest BCUT2D eigenvalue weighted by Crippen LogP contribution is 2.55. The Balaban J connectivity index is 1.38. The van der Waals surface area contributed by atoms with Crippen molar-refractivity contribution in [2.24, 2.45) is 5.92 Å². The first-order chi connectivity index (χ1) is 18.2. The largest absolute Gasteiger partial charge is 0.339 e. The molecule has 1 spiro atoms. The molecule has 7 heteroatoms. The Kier molecular flexibility index (Phi) is 7.60. The van der Waals surface area contributed by atoms with E-state index in [1.807, 2.05) is 36.4 Å². The molecule has 1 aliphatic heterocycles. The molecular weight excluding hydrogens is 520 g/mol. The molecule has 4 atom stereocenters. The van der Waals surface area contributed by atoms with Crippen LogP contribution < -0.4 is 0 Å². The summed E-state index contributed by atoms with van der Waals surface area (Å²) in [5.41, 5.74) is 2.83. The van der Waals surface area contributed by atoms with Gasteiger partial charge in [-0.1, -0.05) is 84.9 Å². The number of sulfone groups is 1. The third-order valence-corrected chi connectivity index (χ3v) is 9.20. The summed E-state index contributed by atoms with van der Waals surface area (Å²) < 4.78 is 37.5. The van der Waals surface area contributed by atoms with Crippen molar-refractivity contribution in [1.29, 1.82) is 0 Å². The molecule has 2 fully saturated rings. The van der Waals surface area contributed by atoms with Crippen LogP contribution in [0.5, 0.6) is 0 Å². The van der Waals surface area contributed by atoms with Crippen LogP contribution in [0.25, 0.3) is 0 Å². The molecule has 5 rings (SSSR count). The van der Waals surface area contributed by atoms with E-state index >= 15 is 0 Å². The Hall–Kier alpha value is -2.77. The molecule has 3 aromatic carbocycles. The van der Waals surface area contributed by atoms with Crippen molar-refractivity contribution in [3.8, 4) is 0 Å². The van der Waals surface area contributed by atoms with E-state index in [-0.39, 0.29) is 33.8 Å². The van der Waals surface area contributed by atoms with Crippen LogP contribution in [-0.4, -0.2) is 26.2 Å². The number of benzene rings is 3. The number of ketones is 1. The maximum Gasteiger partial charge on any atom is 0.176 e. The van der Waals surface area contributed by atoms with Gasteiger partial charge < -0.3 is 9.47 Å². The summed E-state index contributed by atoms with van der Waals surface area (Å²) in [6.07, 6.45) is 4.79. The molecule has 38 heavy (non-hydrogen) atoms. The molecule has 0 amide bonds. The number of ether oxygens (including phenoxy) is 2. The van der Waals surface area contributed by atoms with Crippen molar-refractivity contribution in [3.63, 3.8) is 0 Å². The fourth-order valence-electron chi connectivity index (χ4n) is 5.80. The number of allylic oxidation sites excluding steroid dienone is 1. The second kappa shape index (κ2) is 10.8. The zero-order chi connectivity index (χ0) is 26.9. The second-order valence-electron chi connectivity index (χ2n) is 10.3. The quantitative estimate of drug-likeness (QED) is 0.282. The lowest BCUT2D eigenvalue weighted by atomic mass is 9.85. The summed E-state index contributed by atoms with van der Waals surface area (Å²) in [4.78, 5) is 13.0. The normalized spacial score (nSPS) is 23.4. The lowest BCUT2D eigenvalue weighted by Gasteiger charge is -2.24. The van der Waals surface area contributed by atoms with Crippen LogP contribution in [0.15, 0.2) is 96.4 Å². The molecule has 1 saturated heterocycles. The third kappa shape index (κ3) is 5.50. The first kappa shape index (κ1) is 26.8. The molecule has 0 radical (unpaired) electrons. The van der Waals surface area contributed by atoms with E-state index in [2.05, 4.69) is 30.8 Å². The van der Waals surface area contributed by atoms with Gasteiger partial charge in [0.1, 0.15) is 12.2 Å². The zero-order valence-corrected chi connectivity index (χ0v) is 22.8. The molecule has 198 valence electrons. The number of halogens is 1. The molecule has 5 nitrogen and oxygen atoms in total. The van der Waals surface area contributed by atoms with Crippen molar-refractivity contribution in [3.05, 3.63) is 113 Å². The van der Waals surface area contributed by atoms with Crippen molar-refractivity contribution < 1.29 is 22.7 Å². The summed E-state index contributed by atoms with van der Waals surface area (Å²) in [6, 6.07) is 25.0. The van der Waals surface area contributed by atoms with Gasteiger partial charge in [0.25, 0.3) is 0 Å². The molecule has 2 unspecified atom stereocenters. The van der Waals surface area contributed by atoms with Crippen molar-refractivity contribution in [2.45, 2.75) is 54.5 Å². The van der Waals surface area contributed by atoms with E-state index in [0.717, 1.165) is 30.2 Å². The topological polar surface area (TPSA) is 69.7 Å². The van der Waals surface area contributed by atoms with E-state index < -0.39 is 21.5 Å². The summed E-state index contributed by atoms with van der Waals surface area (Å²) in [5.74, 6) is -1.16. The number of hydrogen-bond acceptors (Lipinski definition) is 5.